The number of carbonyl (C=O) groups excluding carboxylic acids is 1. The summed E-state index contributed by atoms with van der Waals surface area (Å²) in [6.07, 6.45) is -1.63. The second kappa shape index (κ2) is 4.07. The topological polar surface area (TPSA) is 110 Å². The minimum atomic E-state index is -4.95. The van der Waals surface area contributed by atoms with Crippen LogP contribution in [0.15, 0.2) is 0 Å². The van der Waals surface area contributed by atoms with Crippen molar-refractivity contribution in [2.75, 3.05) is 0 Å². The number of rotatable bonds is 1. The molecule has 0 aromatic carbocycles. The molecule has 0 aromatic rings. The molecule has 2 N–H and O–H groups in total. The summed E-state index contributed by atoms with van der Waals surface area (Å²) < 4.78 is 31.1. The fraction of sp³-hybridized carbons (Fsp3) is 0. The van der Waals surface area contributed by atoms with Crippen molar-refractivity contribution in [1.82, 2.24) is 0 Å². The summed E-state index contributed by atoms with van der Waals surface area (Å²) in [4.78, 5) is 9.44. The Morgan fingerprint density at radius 3 is 1.89 bits per heavy atom. The zero-order chi connectivity index (χ0) is 6.78. The molecular formula is CH2NNaO5S. The van der Waals surface area contributed by atoms with Gasteiger partial charge in [0.2, 0.25) is 0 Å². The second-order valence-electron chi connectivity index (χ2n) is 0.811. The monoisotopic (exact) mass is 163 g/mol. The third kappa shape index (κ3) is 11.6. The summed E-state index contributed by atoms with van der Waals surface area (Å²) in [5.41, 5.74) is 4.14. The van der Waals surface area contributed by atoms with E-state index in [1.165, 1.54) is 0 Å². The van der Waals surface area contributed by atoms with Gasteiger partial charge >= 0.3 is 35.7 Å². The van der Waals surface area contributed by atoms with Crippen LogP contribution in [0.1, 0.15) is 0 Å². The molecule has 0 bridgehead atoms. The zero-order valence-corrected chi connectivity index (χ0v) is 7.34. The molecule has 0 radical (unpaired) electrons. The summed E-state index contributed by atoms with van der Waals surface area (Å²) in [6, 6.07) is 0. The number of nitrogens with two attached hydrogens (primary N) is 1. The standard InChI is InChI=1S/CH3NO5S.Na/c2-1(3)7-8(4,5)6;/h(H2,2,3)(H,4,5,6);/q;+1/p-1. The molecule has 0 atom stereocenters. The maximum Gasteiger partial charge on any atom is 1.00 e. The summed E-state index contributed by atoms with van der Waals surface area (Å²) in [6.45, 7) is 0. The average Bonchev–Trinajstić information content (AvgIpc) is 1.21. The molecule has 0 aliphatic rings. The summed E-state index contributed by atoms with van der Waals surface area (Å²) >= 11 is 0. The van der Waals surface area contributed by atoms with Crippen molar-refractivity contribution in [2.24, 2.45) is 5.73 Å². The van der Waals surface area contributed by atoms with Gasteiger partial charge in [0.15, 0.2) is 0 Å². The Hall–Kier alpha value is 0.180. The van der Waals surface area contributed by atoms with E-state index in [0.29, 0.717) is 0 Å². The predicted molar refractivity (Wildman–Crippen MR) is 20.4 cm³/mol. The Morgan fingerprint density at radius 1 is 1.56 bits per heavy atom. The first-order valence-corrected chi connectivity index (χ1v) is 2.70. The molecule has 6 nitrogen and oxygen atoms in total. The molecule has 0 rings (SSSR count). The van der Waals surface area contributed by atoms with Crippen LogP contribution in [0, 0.1) is 0 Å². The van der Waals surface area contributed by atoms with Gasteiger partial charge in [0.25, 0.3) is 10.4 Å². The molecule has 1 amide bonds. The molecule has 0 spiro atoms. The molecule has 9 heavy (non-hydrogen) atoms. The third-order valence-corrected chi connectivity index (χ3v) is 0.553. The van der Waals surface area contributed by atoms with E-state index in [4.69, 9.17) is 0 Å². The van der Waals surface area contributed by atoms with Gasteiger partial charge in [-0.15, -0.1) is 0 Å². The van der Waals surface area contributed by atoms with E-state index in [2.05, 4.69) is 9.92 Å². The quantitative estimate of drug-likeness (QED) is 0.238. The van der Waals surface area contributed by atoms with Crippen molar-refractivity contribution in [3.8, 4) is 0 Å². The molecule has 0 aromatic heterocycles. The largest absolute Gasteiger partial charge is 1.00 e. The van der Waals surface area contributed by atoms with E-state index in [-0.39, 0.29) is 29.6 Å². The van der Waals surface area contributed by atoms with Crippen molar-refractivity contribution < 1.29 is 51.5 Å². The number of hydrogen-bond acceptors (Lipinski definition) is 5. The van der Waals surface area contributed by atoms with E-state index >= 15 is 0 Å². The fourth-order valence-corrected chi connectivity index (χ4v) is 0.302. The van der Waals surface area contributed by atoms with Gasteiger partial charge in [-0.1, -0.05) is 0 Å². The minimum Gasteiger partial charge on any atom is -0.716 e. The van der Waals surface area contributed by atoms with Crippen molar-refractivity contribution in [3.05, 3.63) is 0 Å². The molecule has 0 unspecified atom stereocenters. The molecule has 0 fully saturated rings. The Balaban J connectivity index is 0. The number of amides is 1. The van der Waals surface area contributed by atoms with Crippen molar-refractivity contribution in [2.45, 2.75) is 0 Å². The molecular weight excluding hydrogens is 161 g/mol. The van der Waals surface area contributed by atoms with E-state index in [1.807, 2.05) is 0 Å². The van der Waals surface area contributed by atoms with E-state index in [0.717, 1.165) is 0 Å². The minimum absolute atomic E-state index is 0. The van der Waals surface area contributed by atoms with Crippen LogP contribution in [0.5, 0.6) is 0 Å². The van der Waals surface area contributed by atoms with Gasteiger partial charge in [0, 0.05) is 0 Å². The van der Waals surface area contributed by atoms with Crippen LogP contribution in [-0.4, -0.2) is 19.1 Å². The first-order chi connectivity index (χ1) is 3.42. The summed E-state index contributed by atoms with van der Waals surface area (Å²) in [5, 5.41) is 0. The van der Waals surface area contributed by atoms with Gasteiger partial charge in [-0.25, -0.2) is 13.2 Å². The summed E-state index contributed by atoms with van der Waals surface area (Å²) in [5.74, 6) is 0. The Kier molecular flexibility index (Phi) is 5.39. The van der Waals surface area contributed by atoms with Crippen LogP contribution in [0.4, 0.5) is 4.79 Å². The van der Waals surface area contributed by atoms with Gasteiger partial charge in [-0.05, 0) is 0 Å². The Bertz CT molecular complexity index is 183. The van der Waals surface area contributed by atoms with Crippen LogP contribution in [0.3, 0.4) is 0 Å². The van der Waals surface area contributed by atoms with Crippen LogP contribution < -0.4 is 35.3 Å². The fourth-order valence-electron chi connectivity index (χ4n) is 0.101. The van der Waals surface area contributed by atoms with E-state index < -0.39 is 16.5 Å². The van der Waals surface area contributed by atoms with Crippen LogP contribution >= 0.6 is 0 Å². The normalized spacial score (nSPS) is 9.44. The molecule has 8 heteroatoms. The molecule has 0 saturated carbocycles. The van der Waals surface area contributed by atoms with Crippen molar-refractivity contribution in [3.63, 3.8) is 0 Å². The molecule has 0 saturated heterocycles. The van der Waals surface area contributed by atoms with E-state index in [9.17, 15) is 17.8 Å². The van der Waals surface area contributed by atoms with Gasteiger partial charge in [0.05, 0.1) is 0 Å². The van der Waals surface area contributed by atoms with E-state index in [1.54, 1.807) is 0 Å². The van der Waals surface area contributed by atoms with Gasteiger partial charge in [-0.3, -0.25) is 0 Å². The van der Waals surface area contributed by atoms with Crippen molar-refractivity contribution >= 4 is 16.5 Å². The third-order valence-electron chi connectivity index (χ3n) is 0.184. The zero-order valence-electron chi connectivity index (χ0n) is 4.53. The average molecular weight is 163 g/mol. The predicted octanol–water partition coefficient (Wildman–Crippen LogP) is -4.45. The molecule has 48 valence electrons. The summed E-state index contributed by atoms with van der Waals surface area (Å²) in [7, 11) is -4.95. The maximum atomic E-state index is 9.44. The maximum absolute atomic E-state index is 9.44. The van der Waals surface area contributed by atoms with Gasteiger partial charge < -0.3 is 14.5 Å². The van der Waals surface area contributed by atoms with Crippen LogP contribution in [0.25, 0.3) is 0 Å². The Labute approximate surface area is 73.6 Å². The molecule has 0 aliphatic carbocycles. The van der Waals surface area contributed by atoms with Gasteiger partial charge in [0.1, 0.15) is 0 Å². The smallest absolute Gasteiger partial charge is 0.716 e. The van der Waals surface area contributed by atoms with Crippen LogP contribution in [0.2, 0.25) is 0 Å². The second-order valence-corrected chi connectivity index (χ2v) is 1.79. The SMILES string of the molecule is NC(=O)OS(=O)(=O)[O-].[Na+]. The molecule has 0 heterocycles. The number of carbonyl (C=O) groups is 1. The first-order valence-electron chi connectivity index (χ1n) is 1.36. The number of primary amides is 1. The first kappa shape index (κ1) is 11.9. The number of hydrogen-bond donors (Lipinski definition) is 1. The molecule has 0 aliphatic heterocycles. The van der Waals surface area contributed by atoms with Gasteiger partial charge in [-0.2, -0.15) is 0 Å². The van der Waals surface area contributed by atoms with Crippen molar-refractivity contribution in [1.29, 1.82) is 0 Å². The Morgan fingerprint density at radius 2 is 1.89 bits per heavy atom. The van der Waals surface area contributed by atoms with Crippen LogP contribution in [-0.2, 0) is 14.6 Å².